The molecule has 4 nitrogen and oxygen atoms in total. The summed E-state index contributed by atoms with van der Waals surface area (Å²) in [6, 6.07) is 1.62. The first-order valence-corrected chi connectivity index (χ1v) is 7.98. The number of nitriles is 1. The summed E-state index contributed by atoms with van der Waals surface area (Å²) in [6.45, 7) is 3.91. The molecule has 4 bridgehead atoms. The zero-order valence-corrected chi connectivity index (χ0v) is 12.5. The summed E-state index contributed by atoms with van der Waals surface area (Å²) in [5.41, 5.74) is 0.0236. The summed E-state index contributed by atoms with van der Waals surface area (Å²) in [7, 11) is 0. The van der Waals surface area contributed by atoms with E-state index in [0.29, 0.717) is 0 Å². The van der Waals surface area contributed by atoms with Crippen molar-refractivity contribution in [3.05, 3.63) is 0 Å². The Hall–Kier alpha value is -1.24. The fourth-order valence-electron chi connectivity index (χ4n) is 5.03. The molecule has 0 aromatic carbocycles. The van der Waals surface area contributed by atoms with Gasteiger partial charge in [-0.1, -0.05) is 13.8 Å². The van der Waals surface area contributed by atoms with Crippen LogP contribution in [-0.2, 0) is 0 Å². The van der Waals surface area contributed by atoms with Crippen molar-refractivity contribution < 1.29 is 4.79 Å². The number of nitrogens with one attached hydrogen (secondary N) is 2. The molecule has 20 heavy (non-hydrogen) atoms. The maximum absolute atomic E-state index is 12.2. The average molecular weight is 275 g/mol. The molecule has 4 heteroatoms. The Morgan fingerprint density at radius 1 is 1.15 bits per heavy atom. The highest BCUT2D eigenvalue weighted by molar-refractivity contribution is 5.75. The molecule has 2 N–H and O–H groups in total. The van der Waals surface area contributed by atoms with Crippen LogP contribution in [0, 0.1) is 35.0 Å². The number of rotatable bonds is 3. The van der Waals surface area contributed by atoms with Gasteiger partial charge in [0.25, 0.3) is 0 Å². The first kappa shape index (κ1) is 13.7. The Labute approximate surface area is 121 Å². The van der Waals surface area contributed by atoms with Crippen LogP contribution in [0.25, 0.3) is 0 Å². The molecule has 0 spiro atoms. The molecular formula is C16H25N3O. The second kappa shape index (κ2) is 4.95. The van der Waals surface area contributed by atoms with Gasteiger partial charge < -0.3 is 10.6 Å². The molecule has 0 saturated heterocycles. The number of hydrogen-bond acceptors (Lipinski definition) is 2. The molecule has 4 aliphatic rings. The number of carbonyl (C=O) groups excluding carboxylic acids is 1. The third kappa shape index (κ3) is 2.51. The second-order valence-electron chi connectivity index (χ2n) is 7.65. The van der Waals surface area contributed by atoms with E-state index < -0.39 is 6.04 Å². The van der Waals surface area contributed by atoms with Crippen molar-refractivity contribution >= 4 is 6.03 Å². The van der Waals surface area contributed by atoms with E-state index in [4.69, 9.17) is 5.26 Å². The van der Waals surface area contributed by atoms with Crippen LogP contribution in [0.4, 0.5) is 4.79 Å². The van der Waals surface area contributed by atoms with Crippen molar-refractivity contribution in [2.24, 2.45) is 23.7 Å². The Kier molecular flexibility index (Phi) is 3.40. The normalized spacial score (nSPS) is 39.4. The highest BCUT2D eigenvalue weighted by Crippen LogP contribution is 2.55. The molecule has 1 atom stereocenters. The van der Waals surface area contributed by atoms with Crippen LogP contribution in [-0.4, -0.2) is 17.6 Å². The quantitative estimate of drug-likeness (QED) is 0.831. The summed E-state index contributed by atoms with van der Waals surface area (Å²) in [6.07, 6.45) is 7.54. The molecule has 4 rings (SSSR count). The molecule has 0 aromatic rings. The van der Waals surface area contributed by atoms with Gasteiger partial charge in [0.1, 0.15) is 6.04 Å². The van der Waals surface area contributed by atoms with E-state index in [1.54, 1.807) is 0 Å². The van der Waals surface area contributed by atoms with Crippen LogP contribution in [0.15, 0.2) is 0 Å². The van der Waals surface area contributed by atoms with Gasteiger partial charge in [0.15, 0.2) is 0 Å². The predicted octanol–water partition coefficient (Wildman–Crippen LogP) is 2.80. The first-order chi connectivity index (χ1) is 9.49. The van der Waals surface area contributed by atoms with Gasteiger partial charge in [-0.3, -0.25) is 0 Å². The highest BCUT2D eigenvalue weighted by Gasteiger charge is 2.51. The Bertz CT molecular complexity index is 402. The summed E-state index contributed by atoms with van der Waals surface area (Å²) in [5, 5.41) is 15.2. The molecule has 0 aromatic heterocycles. The van der Waals surface area contributed by atoms with Crippen molar-refractivity contribution in [2.45, 2.75) is 64.0 Å². The van der Waals surface area contributed by atoms with E-state index in [0.717, 1.165) is 37.0 Å². The standard InChI is InChI=1S/C16H25N3O/c1-10(2)14(9-17)18-15(20)19-16-6-11-3-12(7-16)5-13(4-11)8-16/h10-14H,3-8H2,1-2H3,(H2,18,19,20). The number of nitrogens with zero attached hydrogens (tertiary/aromatic N) is 1. The summed E-state index contributed by atoms with van der Waals surface area (Å²) in [5.74, 6) is 2.59. The van der Waals surface area contributed by atoms with Crippen LogP contribution in [0.2, 0.25) is 0 Å². The zero-order chi connectivity index (χ0) is 14.3. The summed E-state index contributed by atoms with van der Waals surface area (Å²) >= 11 is 0. The minimum Gasteiger partial charge on any atom is -0.333 e. The summed E-state index contributed by atoms with van der Waals surface area (Å²) < 4.78 is 0. The fraction of sp³-hybridized carbons (Fsp3) is 0.875. The van der Waals surface area contributed by atoms with Gasteiger partial charge in [-0.25, -0.2) is 4.79 Å². The zero-order valence-electron chi connectivity index (χ0n) is 12.5. The molecule has 2 amide bonds. The van der Waals surface area contributed by atoms with E-state index in [-0.39, 0.29) is 17.5 Å². The third-order valence-electron chi connectivity index (χ3n) is 5.51. The van der Waals surface area contributed by atoms with Gasteiger partial charge in [0.2, 0.25) is 0 Å². The lowest BCUT2D eigenvalue weighted by atomic mass is 9.53. The van der Waals surface area contributed by atoms with Gasteiger partial charge in [-0.15, -0.1) is 0 Å². The van der Waals surface area contributed by atoms with Crippen LogP contribution in [0.5, 0.6) is 0 Å². The van der Waals surface area contributed by atoms with Gasteiger partial charge in [-0.2, -0.15) is 5.26 Å². The molecule has 0 aliphatic heterocycles. The average Bonchev–Trinajstić information content (AvgIpc) is 2.33. The minimum atomic E-state index is -0.399. The van der Waals surface area contributed by atoms with E-state index >= 15 is 0 Å². The monoisotopic (exact) mass is 275 g/mol. The predicted molar refractivity (Wildman–Crippen MR) is 76.8 cm³/mol. The van der Waals surface area contributed by atoms with Crippen molar-refractivity contribution in [3.8, 4) is 6.07 Å². The SMILES string of the molecule is CC(C)C(C#N)NC(=O)NC12CC3CC(CC(C3)C1)C2. The third-order valence-corrected chi connectivity index (χ3v) is 5.51. The van der Waals surface area contributed by atoms with Crippen molar-refractivity contribution in [1.82, 2.24) is 10.6 Å². The maximum atomic E-state index is 12.2. The first-order valence-electron chi connectivity index (χ1n) is 7.98. The van der Waals surface area contributed by atoms with Crippen LogP contribution < -0.4 is 10.6 Å². The lowest BCUT2D eigenvalue weighted by Gasteiger charge is -2.56. The molecule has 0 heterocycles. The van der Waals surface area contributed by atoms with E-state index in [1.807, 2.05) is 13.8 Å². The topological polar surface area (TPSA) is 64.9 Å². The van der Waals surface area contributed by atoms with Crippen molar-refractivity contribution in [3.63, 3.8) is 0 Å². The van der Waals surface area contributed by atoms with Crippen LogP contribution in [0.1, 0.15) is 52.4 Å². The number of amides is 2. The van der Waals surface area contributed by atoms with E-state index in [1.165, 1.54) is 19.3 Å². The number of hydrogen-bond donors (Lipinski definition) is 2. The Morgan fingerprint density at radius 2 is 1.65 bits per heavy atom. The smallest absolute Gasteiger partial charge is 0.316 e. The largest absolute Gasteiger partial charge is 0.333 e. The molecule has 4 aliphatic carbocycles. The molecule has 110 valence electrons. The highest BCUT2D eigenvalue weighted by atomic mass is 16.2. The van der Waals surface area contributed by atoms with E-state index in [2.05, 4.69) is 16.7 Å². The Balaban J connectivity index is 1.63. The van der Waals surface area contributed by atoms with Gasteiger partial charge in [-0.05, 0) is 62.2 Å². The molecule has 4 fully saturated rings. The maximum Gasteiger partial charge on any atom is 0.316 e. The fourth-order valence-corrected chi connectivity index (χ4v) is 5.03. The molecule has 1 unspecified atom stereocenters. The lowest BCUT2D eigenvalue weighted by molar-refractivity contribution is -0.0136. The molecular weight excluding hydrogens is 250 g/mol. The lowest BCUT2D eigenvalue weighted by Crippen LogP contribution is -2.62. The minimum absolute atomic E-state index is 0.0236. The molecule has 0 radical (unpaired) electrons. The van der Waals surface area contributed by atoms with Crippen LogP contribution >= 0.6 is 0 Å². The van der Waals surface area contributed by atoms with Crippen molar-refractivity contribution in [2.75, 3.05) is 0 Å². The number of carbonyl (C=O) groups is 1. The summed E-state index contributed by atoms with van der Waals surface area (Å²) in [4.78, 5) is 12.2. The van der Waals surface area contributed by atoms with Gasteiger partial charge >= 0.3 is 6.03 Å². The Morgan fingerprint density at radius 3 is 2.05 bits per heavy atom. The number of urea groups is 1. The van der Waals surface area contributed by atoms with Crippen LogP contribution in [0.3, 0.4) is 0 Å². The second-order valence-corrected chi connectivity index (χ2v) is 7.65. The van der Waals surface area contributed by atoms with Gasteiger partial charge in [0.05, 0.1) is 6.07 Å². The van der Waals surface area contributed by atoms with Crippen molar-refractivity contribution in [1.29, 1.82) is 5.26 Å². The molecule has 4 saturated carbocycles. The van der Waals surface area contributed by atoms with Gasteiger partial charge in [0, 0.05) is 5.54 Å². The van der Waals surface area contributed by atoms with E-state index in [9.17, 15) is 4.79 Å².